The summed E-state index contributed by atoms with van der Waals surface area (Å²) in [5.41, 5.74) is 5.92. The van der Waals surface area contributed by atoms with Gasteiger partial charge in [0.25, 0.3) is 0 Å². The van der Waals surface area contributed by atoms with E-state index in [1.54, 1.807) is 45.2 Å². The number of hydrogen-bond acceptors (Lipinski definition) is 3. The van der Waals surface area contributed by atoms with E-state index in [2.05, 4.69) is 5.32 Å². The van der Waals surface area contributed by atoms with Crippen molar-refractivity contribution in [3.63, 3.8) is 0 Å². The van der Waals surface area contributed by atoms with Gasteiger partial charge in [0.1, 0.15) is 0 Å². The van der Waals surface area contributed by atoms with Crippen LogP contribution >= 0.6 is 0 Å². The average molecular weight is 237 g/mol. The van der Waals surface area contributed by atoms with Crippen LogP contribution in [0.3, 0.4) is 0 Å². The van der Waals surface area contributed by atoms with Crippen LogP contribution in [0.15, 0.2) is 24.3 Å². The summed E-state index contributed by atoms with van der Waals surface area (Å²) in [6, 6.07) is 6.66. The fourth-order valence-electron chi connectivity index (χ4n) is 1.49. The summed E-state index contributed by atoms with van der Waals surface area (Å²) in [4.78, 5) is 13.2. The van der Waals surface area contributed by atoms with Crippen molar-refractivity contribution < 1.29 is 9.90 Å². The van der Waals surface area contributed by atoms with Crippen molar-refractivity contribution >= 4 is 17.4 Å². The normalized spacial score (nSPS) is 11.1. The largest absolute Gasteiger partial charge is 0.399 e. The molecular formula is C12H19N3O2. The van der Waals surface area contributed by atoms with Crippen molar-refractivity contribution in [2.75, 3.05) is 24.6 Å². The molecule has 1 aromatic carbocycles. The van der Waals surface area contributed by atoms with Crippen LogP contribution < -0.4 is 11.1 Å². The Kier molecular flexibility index (Phi) is 3.96. The Morgan fingerprint density at radius 3 is 2.71 bits per heavy atom. The minimum Gasteiger partial charge on any atom is -0.399 e. The summed E-state index contributed by atoms with van der Waals surface area (Å²) >= 11 is 0. The molecule has 1 rings (SSSR count). The second-order valence-corrected chi connectivity index (χ2v) is 4.72. The Morgan fingerprint density at radius 1 is 1.53 bits per heavy atom. The fourth-order valence-corrected chi connectivity index (χ4v) is 1.49. The summed E-state index contributed by atoms with van der Waals surface area (Å²) in [6.45, 7) is 3.55. The lowest BCUT2D eigenvalue weighted by molar-refractivity contribution is 0.0550. The van der Waals surface area contributed by atoms with Crippen molar-refractivity contribution in [1.29, 1.82) is 0 Å². The van der Waals surface area contributed by atoms with Crippen LogP contribution in [0.4, 0.5) is 16.2 Å². The zero-order valence-electron chi connectivity index (χ0n) is 10.4. The Balaban J connectivity index is 2.60. The number of likely N-dealkylation sites (N-methyl/N-ethyl adjacent to an activating group) is 1. The van der Waals surface area contributed by atoms with Crippen LogP contribution in [0.25, 0.3) is 0 Å². The highest BCUT2D eigenvalue weighted by Gasteiger charge is 2.19. The third-order valence-corrected chi connectivity index (χ3v) is 2.11. The molecule has 0 heterocycles. The Morgan fingerprint density at radius 2 is 2.18 bits per heavy atom. The summed E-state index contributed by atoms with van der Waals surface area (Å²) in [5.74, 6) is 0. The maximum absolute atomic E-state index is 11.8. The first kappa shape index (κ1) is 13.3. The maximum Gasteiger partial charge on any atom is 0.321 e. The predicted octanol–water partition coefficient (Wildman–Crippen LogP) is 1.50. The van der Waals surface area contributed by atoms with Crippen LogP contribution in [-0.2, 0) is 0 Å². The van der Waals surface area contributed by atoms with E-state index in [1.165, 1.54) is 4.90 Å². The smallest absolute Gasteiger partial charge is 0.321 e. The summed E-state index contributed by atoms with van der Waals surface area (Å²) in [6.07, 6.45) is 0. The molecule has 0 atom stereocenters. The summed E-state index contributed by atoms with van der Waals surface area (Å²) in [7, 11) is 1.62. The van der Waals surface area contributed by atoms with E-state index in [9.17, 15) is 9.90 Å². The summed E-state index contributed by atoms with van der Waals surface area (Å²) in [5, 5.41) is 12.3. The molecule has 0 radical (unpaired) electrons. The van der Waals surface area contributed by atoms with Gasteiger partial charge in [-0.05, 0) is 32.0 Å². The highest BCUT2D eigenvalue weighted by Crippen LogP contribution is 2.12. The third kappa shape index (κ3) is 4.74. The van der Waals surface area contributed by atoms with Gasteiger partial charge in [-0.2, -0.15) is 0 Å². The SMILES string of the molecule is CN(CC(C)(C)O)C(=O)Nc1cccc(N)c1. The zero-order valence-corrected chi connectivity index (χ0v) is 10.4. The number of amides is 2. The average Bonchev–Trinajstić information content (AvgIpc) is 2.14. The van der Waals surface area contributed by atoms with Crippen LogP contribution in [0.1, 0.15) is 13.8 Å². The van der Waals surface area contributed by atoms with Gasteiger partial charge in [-0.3, -0.25) is 0 Å². The quantitative estimate of drug-likeness (QED) is 0.697. The molecule has 2 amide bonds. The second-order valence-electron chi connectivity index (χ2n) is 4.72. The number of nitrogen functional groups attached to an aromatic ring is 1. The number of carbonyl (C=O) groups is 1. The van der Waals surface area contributed by atoms with Gasteiger partial charge in [0.15, 0.2) is 0 Å². The molecule has 4 N–H and O–H groups in total. The lowest BCUT2D eigenvalue weighted by Gasteiger charge is -2.25. The van der Waals surface area contributed by atoms with E-state index >= 15 is 0 Å². The molecular weight excluding hydrogens is 218 g/mol. The van der Waals surface area contributed by atoms with Gasteiger partial charge in [-0.25, -0.2) is 4.79 Å². The molecule has 0 spiro atoms. The van der Waals surface area contributed by atoms with Crippen LogP contribution in [0, 0.1) is 0 Å². The van der Waals surface area contributed by atoms with Crippen molar-refractivity contribution in [3.8, 4) is 0 Å². The molecule has 0 unspecified atom stereocenters. The number of aliphatic hydroxyl groups is 1. The molecule has 0 aliphatic carbocycles. The number of hydrogen-bond donors (Lipinski definition) is 3. The van der Waals surface area contributed by atoms with E-state index in [0.717, 1.165) is 0 Å². The topological polar surface area (TPSA) is 78.6 Å². The van der Waals surface area contributed by atoms with Gasteiger partial charge >= 0.3 is 6.03 Å². The number of urea groups is 1. The number of benzene rings is 1. The fraction of sp³-hybridized carbons (Fsp3) is 0.417. The molecule has 94 valence electrons. The molecule has 0 aromatic heterocycles. The Bertz CT molecular complexity index is 399. The second kappa shape index (κ2) is 5.05. The maximum atomic E-state index is 11.8. The number of carbonyl (C=O) groups excluding carboxylic acids is 1. The van der Waals surface area contributed by atoms with Crippen LogP contribution in [0.5, 0.6) is 0 Å². The number of nitrogens with zero attached hydrogens (tertiary/aromatic N) is 1. The molecule has 0 aliphatic heterocycles. The molecule has 5 heteroatoms. The first-order chi connectivity index (χ1) is 7.78. The molecule has 17 heavy (non-hydrogen) atoms. The van der Waals surface area contributed by atoms with Gasteiger partial charge in [-0.1, -0.05) is 6.07 Å². The molecule has 0 saturated carbocycles. The van der Waals surface area contributed by atoms with Gasteiger partial charge in [0.05, 0.1) is 12.1 Å². The monoisotopic (exact) mass is 237 g/mol. The standard InChI is InChI=1S/C12H19N3O2/c1-12(2,17)8-15(3)11(16)14-10-6-4-5-9(13)7-10/h4-7,17H,8,13H2,1-3H3,(H,14,16). The van der Waals surface area contributed by atoms with E-state index in [4.69, 9.17) is 5.73 Å². The van der Waals surface area contributed by atoms with E-state index in [-0.39, 0.29) is 12.6 Å². The molecule has 0 bridgehead atoms. The van der Waals surface area contributed by atoms with Gasteiger partial charge in [-0.15, -0.1) is 0 Å². The van der Waals surface area contributed by atoms with E-state index in [0.29, 0.717) is 11.4 Å². The highest BCUT2D eigenvalue weighted by molar-refractivity contribution is 5.89. The Labute approximate surface area is 101 Å². The molecule has 0 fully saturated rings. The minimum absolute atomic E-state index is 0.251. The van der Waals surface area contributed by atoms with Gasteiger partial charge < -0.3 is 21.1 Å². The summed E-state index contributed by atoms with van der Waals surface area (Å²) < 4.78 is 0. The van der Waals surface area contributed by atoms with Crippen molar-refractivity contribution in [2.24, 2.45) is 0 Å². The lowest BCUT2D eigenvalue weighted by Crippen LogP contribution is -2.41. The first-order valence-corrected chi connectivity index (χ1v) is 5.38. The number of nitrogens with one attached hydrogen (secondary N) is 1. The minimum atomic E-state index is -0.915. The number of anilines is 2. The molecule has 0 saturated heterocycles. The van der Waals surface area contributed by atoms with Gasteiger partial charge in [0, 0.05) is 18.4 Å². The number of nitrogens with two attached hydrogens (primary N) is 1. The van der Waals surface area contributed by atoms with Gasteiger partial charge in [0.2, 0.25) is 0 Å². The third-order valence-electron chi connectivity index (χ3n) is 2.11. The Hall–Kier alpha value is -1.75. The van der Waals surface area contributed by atoms with E-state index < -0.39 is 5.60 Å². The number of rotatable bonds is 3. The zero-order chi connectivity index (χ0) is 13.1. The van der Waals surface area contributed by atoms with Crippen molar-refractivity contribution in [3.05, 3.63) is 24.3 Å². The van der Waals surface area contributed by atoms with Crippen molar-refractivity contribution in [2.45, 2.75) is 19.4 Å². The molecule has 0 aliphatic rings. The molecule has 1 aromatic rings. The van der Waals surface area contributed by atoms with E-state index in [1.807, 2.05) is 0 Å². The van der Waals surface area contributed by atoms with Crippen LogP contribution in [0.2, 0.25) is 0 Å². The van der Waals surface area contributed by atoms with Crippen molar-refractivity contribution in [1.82, 2.24) is 4.90 Å². The predicted molar refractivity (Wildman–Crippen MR) is 68.8 cm³/mol. The first-order valence-electron chi connectivity index (χ1n) is 5.38. The van der Waals surface area contributed by atoms with Crippen LogP contribution in [-0.4, -0.2) is 35.2 Å². The highest BCUT2D eigenvalue weighted by atomic mass is 16.3. The lowest BCUT2D eigenvalue weighted by atomic mass is 10.1. The molecule has 5 nitrogen and oxygen atoms in total.